The summed E-state index contributed by atoms with van der Waals surface area (Å²) < 4.78 is 82.1. The van der Waals surface area contributed by atoms with Crippen LogP contribution in [0.2, 0.25) is 0 Å². The van der Waals surface area contributed by atoms with Gasteiger partial charge in [-0.1, -0.05) is 110 Å². The first-order valence-electron chi connectivity index (χ1n) is 35.4. The third kappa shape index (κ3) is 19.6. The maximum absolute atomic E-state index is 14.4. The number of nitrogens with two attached hydrogens (primary N) is 1. The number of carbonyl (C=O) groups is 5. The van der Waals surface area contributed by atoms with E-state index < -0.39 is 51.4 Å². The highest BCUT2D eigenvalue weighted by Crippen LogP contribution is 2.47. The van der Waals surface area contributed by atoms with E-state index in [1.165, 1.54) is 15.9 Å². The second-order valence-electron chi connectivity index (χ2n) is 27.5. The van der Waals surface area contributed by atoms with Gasteiger partial charge < -0.3 is 53.7 Å². The van der Waals surface area contributed by atoms with Crippen LogP contribution in [0.5, 0.6) is 28.7 Å². The summed E-state index contributed by atoms with van der Waals surface area (Å²) in [6, 6.07) is 41.7. The number of hydrogen-bond acceptors (Lipinski definition) is 17. The van der Waals surface area contributed by atoms with Gasteiger partial charge in [-0.2, -0.15) is 0 Å². The summed E-state index contributed by atoms with van der Waals surface area (Å²) in [5.41, 5.74) is 17.9. The number of nitrogens with zero attached hydrogens (tertiary/aromatic N) is 3. The van der Waals surface area contributed by atoms with Crippen molar-refractivity contribution in [3.05, 3.63) is 202 Å². The zero-order chi connectivity index (χ0) is 75.8. The molecule has 0 saturated carbocycles. The summed E-state index contributed by atoms with van der Waals surface area (Å²) >= 11 is 0. The Kier molecular flexibility index (Phi) is 26.4. The second-order valence-corrected chi connectivity index (χ2v) is 29.1. The molecule has 23 heteroatoms. The monoisotopic (exact) mass is 1450 g/mol. The van der Waals surface area contributed by atoms with Crippen molar-refractivity contribution < 1.29 is 75.0 Å². The minimum Gasteiger partial charge on any atom is -0.497 e. The van der Waals surface area contributed by atoms with Crippen molar-refractivity contribution in [1.29, 1.82) is 0 Å². The van der Waals surface area contributed by atoms with E-state index in [0.717, 1.165) is 55.6 Å². The number of rotatable bonds is 30. The van der Waals surface area contributed by atoms with Crippen molar-refractivity contribution in [3.63, 3.8) is 0 Å². The van der Waals surface area contributed by atoms with Gasteiger partial charge in [-0.3, -0.25) is 24.4 Å². The number of ether oxygens (including phenoxy) is 9. The molecule has 0 unspecified atom stereocenters. The summed E-state index contributed by atoms with van der Waals surface area (Å²) in [6.07, 6.45) is 1.85. The van der Waals surface area contributed by atoms with Crippen LogP contribution < -0.4 is 39.5 Å². The number of benzene rings is 7. The van der Waals surface area contributed by atoms with Crippen molar-refractivity contribution in [2.75, 3.05) is 66.9 Å². The summed E-state index contributed by atoms with van der Waals surface area (Å²) in [4.78, 5) is 73.8. The Balaban J connectivity index is 0.000000257. The van der Waals surface area contributed by atoms with Gasteiger partial charge in [0.2, 0.25) is 11.9 Å². The molecule has 0 fully saturated rings. The fraction of sp³-hybridized carbons (Fsp3) is 0.390. The van der Waals surface area contributed by atoms with E-state index in [4.69, 9.17) is 48.4 Å². The Labute approximate surface area is 616 Å². The van der Waals surface area contributed by atoms with Crippen LogP contribution in [0.25, 0.3) is 22.3 Å². The number of hydrogen-bond donors (Lipinski definition) is 3. The van der Waals surface area contributed by atoms with Gasteiger partial charge in [0.15, 0.2) is 0 Å². The molecule has 0 saturated heterocycles. The molecular formula is C82H98N6O16S. The van der Waals surface area contributed by atoms with Crippen LogP contribution in [0.3, 0.4) is 0 Å². The molecule has 0 radical (unpaired) electrons. The molecule has 7 aromatic carbocycles. The molecular weight excluding hydrogens is 1360 g/mol. The molecule has 105 heavy (non-hydrogen) atoms. The summed E-state index contributed by atoms with van der Waals surface area (Å²) in [6.45, 7) is 23.0. The SMILES string of the molecule is C=CCOC(=O)[C@H](CCCN=C(N)NS(=O)(=O)c1c(C)c(C)c2c(c1C)OC(C)(C)C2)N(Cc1ccc(OC)cc1OCC)C(=O)OCC1c2ccccc2-c2ccccc21.CCNC(=O)CCCOc1cc(OC)ccc1CN(CC(=O)OC(C)(C)C)C(=O)OCC1c2ccccc2-c2ccccc21. The minimum absolute atomic E-state index is 0.0172. The molecule has 1 atom stereocenters. The number of guanidine groups is 1. The number of nitrogens with one attached hydrogen (secondary N) is 2. The van der Waals surface area contributed by atoms with E-state index in [0.29, 0.717) is 83.4 Å². The van der Waals surface area contributed by atoms with E-state index in [9.17, 15) is 32.4 Å². The summed E-state index contributed by atoms with van der Waals surface area (Å²) in [5, 5.41) is 2.77. The molecule has 0 spiro atoms. The summed E-state index contributed by atoms with van der Waals surface area (Å²) in [7, 11) is -1.06. The lowest BCUT2D eigenvalue weighted by atomic mass is 9.93. The van der Waals surface area contributed by atoms with Gasteiger partial charge in [0.05, 0.1) is 45.4 Å². The van der Waals surface area contributed by atoms with Crippen molar-refractivity contribution >= 4 is 46.0 Å². The number of methoxy groups -OCH3 is 2. The van der Waals surface area contributed by atoms with Gasteiger partial charge in [-0.15, -0.1) is 0 Å². The van der Waals surface area contributed by atoms with Crippen molar-refractivity contribution in [1.82, 2.24) is 19.8 Å². The Bertz CT molecular complexity index is 4360. The van der Waals surface area contributed by atoms with Gasteiger partial charge >= 0.3 is 24.1 Å². The van der Waals surface area contributed by atoms with Gasteiger partial charge in [-0.05, 0) is 168 Å². The Morgan fingerprint density at radius 2 is 1.23 bits per heavy atom. The second kappa shape index (κ2) is 35.3. The topological polar surface area (TPSA) is 271 Å². The highest BCUT2D eigenvalue weighted by Gasteiger charge is 2.39. The number of aliphatic imine (C=N–C) groups is 1. The largest absolute Gasteiger partial charge is 0.497 e. The quantitative estimate of drug-likeness (QED) is 0.00942. The number of sulfonamides is 1. The Morgan fingerprint density at radius 3 is 1.74 bits per heavy atom. The highest BCUT2D eigenvalue weighted by atomic mass is 32.2. The normalized spacial score (nSPS) is 13.5. The Morgan fingerprint density at radius 1 is 0.705 bits per heavy atom. The van der Waals surface area contributed by atoms with Crippen molar-refractivity contribution in [2.45, 2.75) is 148 Å². The van der Waals surface area contributed by atoms with Crippen LogP contribution in [0.4, 0.5) is 9.59 Å². The standard InChI is InChI=1S/C47H56N4O9S.C35H42N2O7/c1-9-24-58-44(52)40(20-15-23-49-45(48)50-61(54,55)43-30(4)29(3)38-26-47(6,7)60-42(38)31(43)5)51(27-32-21-22-33(56-8)25-41(32)57-10-2)46(53)59-28-39-36-18-13-11-16-34(36)35-17-12-14-19-37(35)39;1-6-36-32(38)16-11-19-42-31-20-25(41-5)18-17-24(31)21-37(22-33(39)44-35(2,3)4)34(40)43-23-30-28-14-9-7-12-26(28)27-13-8-10-15-29(27)30/h9,11-14,16-19,21-22,25,39-40H,1,10,15,20,23-24,26-28H2,2-8H3,(H3,48,49,50);7-10,12-15,17-18,20,30H,6,11,16,19,21-23H2,1-5H3,(H,36,38)/t40-;/m0./s1. The van der Waals surface area contributed by atoms with Crippen molar-refractivity contribution in [3.8, 4) is 51.0 Å². The van der Waals surface area contributed by atoms with E-state index in [-0.39, 0.29) is 94.0 Å². The number of fused-ring (bicyclic) bond motifs is 7. The molecule has 558 valence electrons. The molecule has 0 bridgehead atoms. The van der Waals surface area contributed by atoms with E-state index in [2.05, 4.69) is 58.0 Å². The highest BCUT2D eigenvalue weighted by molar-refractivity contribution is 7.90. The van der Waals surface area contributed by atoms with E-state index in [1.807, 2.05) is 95.3 Å². The van der Waals surface area contributed by atoms with Crippen LogP contribution in [0, 0.1) is 20.8 Å². The fourth-order valence-corrected chi connectivity index (χ4v) is 15.0. The van der Waals surface area contributed by atoms with E-state index >= 15 is 0 Å². The summed E-state index contributed by atoms with van der Waals surface area (Å²) in [5.74, 6) is 0.720. The van der Waals surface area contributed by atoms with Gasteiger partial charge in [-0.25, -0.2) is 27.5 Å². The first-order chi connectivity index (χ1) is 50.2. The van der Waals surface area contributed by atoms with Crippen LogP contribution >= 0.6 is 0 Å². The third-order valence-electron chi connectivity index (χ3n) is 18.3. The first-order valence-corrected chi connectivity index (χ1v) is 36.9. The molecule has 1 heterocycles. The van der Waals surface area contributed by atoms with Gasteiger partial charge in [0, 0.05) is 72.2 Å². The number of esters is 2. The molecule has 2 aliphatic carbocycles. The zero-order valence-corrected chi connectivity index (χ0v) is 63.0. The lowest BCUT2D eigenvalue weighted by molar-refractivity contribution is -0.156. The fourth-order valence-electron chi connectivity index (χ4n) is 13.5. The average Bonchev–Trinajstić information content (AvgIpc) is 1.70. The van der Waals surface area contributed by atoms with Gasteiger partial charge in [0.1, 0.15) is 72.4 Å². The molecule has 7 aromatic rings. The number of carbonyl (C=O) groups excluding carboxylic acids is 5. The molecule has 10 rings (SSSR count). The molecule has 3 amide bonds. The van der Waals surface area contributed by atoms with Crippen LogP contribution in [-0.4, -0.2) is 138 Å². The molecule has 22 nitrogen and oxygen atoms in total. The van der Waals surface area contributed by atoms with Gasteiger partial charge in [0.25, 0.3) is 10.0 Å². The minimum atomic E-state index is -4.16. The van der Waals surface area contributed by atoms with Crippen LogP contribution in [0.1, 0.15) is 142 Å². The zero-order valence-electron chi connectivity index (χ0n) is 62.2. The predicted octanol–water partition coefficient (Wildman–Crippen LogP) is 13.7. The molecule has 4 N–H and O–H groups in total. The lowest BCUT2D eigenvalue weighted by Crippen LogP contribution is -2.46. The molecule has 3 aliphatic rings. The lowest BCUT2D eigenvalue weighted by Gasteiger charge is -2.30. The maximum Gasteiger partial charge on any atom is 0.410 e. The van der Waals surface area contributed by atoms with E-state index in [1.54, 1.807) is 85.2 Å². The third-order valence-corrected chi connectivity index (χ3v) is 20.0. The number of amides is 3. The molecule has 1 aliphatic heterocycles. The van der Waals surface area contributed by atoms with Crippen molar-refractivity contribution in [2.24, 2.45) is 10.7 Å². The maximum atomic E-state index is 14.4. The molecule has 0 aromatic heterocycles. The smallest absolute Gasteiger partial charge is 0.410 e. The Hall–Kier alpha value is -10.6. The average molecular weight is 1460 g/mol. The predicted molar refractivity (Wildman–Crippen MR) is 403 cm³/mol. The van der Waals surface area contributed by atoms with Crippen LogP contribution in [-0.2, 0) is 62.9 Å². The first kappa shape index (κ1) is 78.6. The van der Waals surface area contributed by atoms with Crippen LogP contribution in [0.15, 0.2) is 156 Å².